The second kappa shape index (κ2) is 7.12. The molecule has 26 heavy (non-hydrogen) atoms. The van der Waals surface area contributed by atoms with Gasteiger partial charge >= 0.3 is 0 Å². The van der Waals surface area contributed by atoms with Crippen molar-refractivity contribution in [3.63, 3.8) is 0 Å². The molecule has 0 unspecified atom stereocenters. The lowest BCUT2D eigenvalue weighted by molar-refractivity contribution is 0.102. The Morgan fingerprint density at radius 1 is 0.962 bits per heavy atom. The Bertz CT molecular complexity index is 948. The number of aromatic nitrogens is 2. The van der Waals surface area contributed by atoms with Crippen molar-refractivity contribution in [2.45, 2.75) is 26.2 Å². The molecule has 5 heteroatoms. The zero-order valence-electron chi connectivity index (χ0n) is 14.9. The number of nitrogens with one attached hydrogen (secondary N) is 1. The smallest absolute Gasteiger partial charge is 0.278 e. The molecule has 1 aromatic heterocycles. The third kappa shape index (κ3) is 3.38. The number of nitrogens with zero attached hydrogens (tertiary/aromatic N) is 3. The number of hydrogen-bond acceptors (Lipinski definition) is 4. The van der Waals surface area contributed by atoms with Crippen LogP contribution in [0.15, 0.2) is 48.5 Å². The Kier molecular flexibility index (Phi) is 4.52. The normalized spacial score (nSPS) is 14.4. The lowest BCUT2D eigenvalue weighted by atomic mass is 10.1. The fourth-order valence-corrected chi connectivity index (χ4v) is 3.38. The monoisotopic (exact) mass is 346 g/mol. The Balaban J connectivity index is 1.74. The van der Waals surface area contributed by atoms with Crippen LogP contribution in [0.2, 0.25) is 0 Å². The van der Waals surface area contributed by atoms with Gasteiger partial charge in [-0.2, -0.15) is 0 Å². The van der Waals surface area contributed by atoms with E-state index < -0.39 is 0 Å². The number of rotatable bonds is 3. The number of para-hydroxylation sites is 2. The molecule has 1 saturated heterocycles. The summed E-state index contributed by atoms with van der Waals surface area (Å²) in [6.07, 6.45) is 3.46. The standard InChI is InChI=1S/C21H22N4O/c1-15-8-7-9-16(14-15)22-21(26)19-20(25-12-5-2-6-13-25)24-18-11-4-3-10-17(18)23-19/h3-4,7-11,14H,2,5-6,12-13H2,1H3,(H,22,26). The van der Waals surface area contributed by atoms with Crippen LogP contribution in [-0.2, 0) is 0 Å². The second-order valence-corrected chi connectivity index (χ2v) is 6.76. The van der Waals surface area contributed by atoms with Crippen LogP contribution in [0.4, 0.5) is 11.5 Å². The molecule has 5 nitrogen and oxygen atoms in total. The van der Waals surface area contributed by atoms with Crippen LogP contribution in [0.25, 0.3) is 11.0 Å². The van der Waals surface area contributed by atoms with Crippen LogP contribution >= 0.6 is 0 Å². The van der Waals surface area contributed by atoms with Gasteiger partial charge in [0.15, 0.2) is 11.5 Å². The van der Waals surface area contributed by atoms with Crippen molar-refractivity contribution >= 4 is 28.4 Å². The van der Waals surface area contributed by atoms with Crippen LogP contribution in [0.5, 0.6) is 0 Å². The molecule has 0 saturated carbocycles. The van der Waals surface area contributed by atoms with Gasteiger partial charge < -0.3 is 10.2 Å². The predicted octanol–water partition coefficient (Wildman–Crippen LogP) is 4.18. The van der Waals surface area contributed by atoms with Crippen molar-refractivity contribution in [3.8, 4) is 0 Å². The summed E-state index contributed by atoms with van der Waals surface area (Å²) in [5.74, 6) is 0.475. The average molecular weight is 346 g/mol. The summed E-state index contributed by atoms with van der Waals surface area (Å²) in [6.45, 7) is 3.83. The molecule has 132 valence electrons. The Morgan fingerprint density at radius 3 is 2.42 bits per heavy atom. The van der Waals surface area contributed by atoms with Gasteiger partial charge in [-0.05, 0) is 56.0 Å². The number of carbonyl (C=O) groups is 1. The van der Waals surface area contributed by atoms with Crippen LogP contribution in [0, 0.1) is 6.92 Å². The predicted molar refractivity (Wildman–Crippen MR) is 105 cm³/mol. The summed E-state index contributed by atoms with van der Waals surface area (Å²) >= 11 is 0. The molecule has 1 fully saturated rings. The molecule has 1 N–H and O–H groups in total. The summed E-state index contributed by atoms with van der Waals surface area (Å²) in [7, 11) is 0. The average Bonchev–Trinajstić information content (AvgIpc) is 2.67. The van der Waals surface area contributed by atoms with Crippen LogP contribution < -0.4 is 10.2 Å². The minimum atomic E-state index is -0.213. The fourth-order valence-electron chi connectivity index (χ4n) is 3.38. The van der Waals surface area contributed by atoms with Crippen molar-refractivity contribution in [2.24, 2.45) is 0 Å². The summed E-state index contributed by atoms with van der Waals surface area (Å²) in [6, 6.07) is 15.5. The topological polar surface area (TPSA) is 58.1 Å². The van der Waals surface area contributed by atoms with Crippen LogP contribution in [0.3, 0.4) is 0 Å². The zero-order valence-corrected chi connectivity index (χ0v) is 14.9. The van der Waals surface area contributed by atoms with Gasteiger partial charge in [0.25, 0.3) is 5.91 Å². The minimum Gasteiger partial charge on any atom is -0.355 e. The van der Waals surface area contributed by atoms with Gasteiger partial charge in [0.1, 0.15) is 0 Å². The highest BCUT2D eigenvalue weighted by Gasteiger charge is 2.22. The first-order valence-electron chi connectivity index (χ1n) is 9.10. The SMILES string of the molecule is Cc1cccc(NC(=O)c2nc3ccccc3nc2N2CCCCC2)c1. The molecular weight excluding hydrogens is 324 g/mol. The highest BCUT2D eigenvalue weighted by molar-refractivity contribution is 6.07. The molecule has 0 aliphatic carbocycles. The highest BCUT2D eigenvalue weighted by atomic mass is 16.1. The van der Waals surface area contributed by atoms with Gasteiger partial charge in [-0.15, -0.1) is 0 Å². The van der Waals surface area contributed by atoms with Gasteiger partial charge in [-0.3, -0.25) is 4.79 Å². The van der Waals surface area contributed by atoms with Gasteiger partial charge in [-0.25, -0.2) is 9.97 Å². The van der Waals surface area contributed by atoms with Gasteiger partial charge in [0.05, 0.1) is 11.0 Å². The van der Waals surface area contributed by atoms with Gasteiger partial charge in [-0.1, -0.05) is 24.3 Å². The van der Waals surface area contributed by atoms with Crippen molar-refractivity contribution < 1.29 is 4.79 Å². The van der Waals surface area contributed by atoms with E-state index in [1.165, 1.54) is 6.42 Å². The maximum absolute atomic E-state index is 13.0. The van der Waals surface area contributed by atoms with Gasteiger partial charge in [0, 0.05) is 18.8 Å². The van der Waals surface area contributed by atoms with E-state index in [9.17, 15) is 4.79 Å². The summed E-state index contributed by atoms with van der Waals surface area (Å²) < 4.78 is 0. The zero-order chi connectivity index (χ0) is 17.9. The number of piperidine rings is 1. The lowest BCUT2D eigenvalue weighted by Crippen LogP contribution is -2.33. The minimum absolute atomic E-state index is 0.213. The Labute approximate surface area is 153 Å². The number of benzene rings is 2. The third-order valence-electron chi connectivity index (χ3n) is 4.70. The number of hydrogen-bond donors (Lipinski definition) is 1. The largest absolute Gasteiger partial charge is 0.355 e. The number of amides is 1. The van der Waals surface area contributed by atoms with E-state index in [1.54, 1.807) is 0 Å². The fraction of sp³-hybridized carbons (Fsp3) is 0.286. The molecule has 1 amide bonds. The quantitative estimate of drug-likeness (QED) is 0.773. The number of aryl methyl sites for hydroxylation is 1. The molecule has 0 bridgehead atoms. The Morgan fingerprint density at radius 2 is 1.69 bits per heavy atom. The molecule has 2 aromatic carbocycles. The van der Waals surface area contributed by atoms with E-state index in [2.05, 4.69) is 15.2 Å². The van der Waals surface area contributed by atoms with Crippen LogP contribution in [-0.4, -0.2) is 29.0 Å². The second-order valence-electron chi connectivity index (χ2n) is 6.76. The highest BCUT2D eigenvalue weighted by Crippen LogP contribution is 2.25. The number of anilines is 2. The number of carbonyl (C=O) groups excluding carboxylic acids is 1. The van der Waals surface area contributed by atoms with Crippen molar-refractivity contribution in [3.05, 3.63) is 59.8 Å². The van der Waals surface area contributed by atoms with E-state index in [0.29, 0.717) is 11.5 Å². The Hall–Kier alpha value is -2.95. The van der Waals surface area contributed by atoms with E-state index in [0.717, 1.165) is 48.2 Å². The maximum atomic E-state index is 13.0. The number of fused-ring (bicyclic) bond motifs is 1. The van der Waals surface area contributed by atoms with Crippen molar-refractivity contribution in [1.82, 2.24) is 9.97 Å². The summed E-state index contributed by atoms with van der Waals surface area (Å²) in [5.41, 5.74) is 3.83. The third-order valence-corrected chi connectivity index (χ3v) is 4.70. The van der Waals surface area contributed by atoms with Crippen LogP contribution in [0.1, 0.15) is 35.3 Å². The molecule has 4 rings (SSSR count). The van der Waals surface area contributed by atoms with Gasteiger partial charge in [0.2, 0.25) is 0 Å². The summed E-state index contributed by atoms with van der Waals surface area (Å²) in [4.78, 5) is 24.6. The molecule has 2 heterocycles. The van der Waals surface area contributed by atoms with Crippen molar-refractivity contribution in [1.29, 1.82) is 0 Å². The molecule has 0 spiro atoms. The molecular formula is C21H22N4O. The van der Waals surface area contributed by atoms with E-state index in [1.807, 2.05) is 55.5 Å². The molecule has 0 atom stereocenters. The first-order chi connectivity index (χ1) is 12.7. The molecule has 0 radical (unpaired) electrons. The van der Waals surface area contributed by atoms with E-state index in [4.69, 9.17) is 4.98 Å². The summed E-state index contributed by atoms with van der Waals surface area (Å²) in [5, 5.41) is 2.98. The van der Waals surface area contributed by atoms with E-state index >= 15 is 0 Å². The first kappa shape index (κ1) is 16.5. The molecule has 3 aromatic rings. The van der Waals surface area contributed by atoms with Crippen molar-refractivity contribution in [2.75, 3.05) is 23.3 Å². The lowest BCUT2D eigenvalue weighted by Gasteiger charge is -2.29. The first-order valence-corrected chi connectivity index (χ1v) is 9.10. The molecule has 1 aliphatic heterocycles. The van der Waals surface area contributed by atoms with E-state index in [-0.39, 0.29) is 5.91 Å². The molecule has 1 aliphatic rings. The maximum Gasteiger partial charge on any atom is 0.278 e.